The maximum atomic E-state index is 5.00. The third-order valence-corrected chi connectivity index (χ3v) is 11.7. The molecule has 3 heterocycles. The van der Waals surface area contributed by atoms with E-state index in [-0.39, 0.29) is 0 Å². The maximum absolute atomic E-state index is 5.00. The Morgan fingerprint density at radius 2 is 0.811 bits per heavy atom. The molecule has 37 heavy (non-hydrogen) atoms. The normalized spacial score (nSPS) is 11.2. The molecule has 0 atom stereocenters. The summed E-state index contributed by atoms with van der Waals surface area (Å²) in [6.07, 6.45) is 7.45. The summed E-state index contributed by atoms with van der Waals surface area (Å²) in [7, 11) is -2.90. The summed E-state index contributed by atoms with van der Waals surface area (Å²) in [6.45, 7) is 0. The summed E-state index contributed by atoms with van der Waals surface area (Å²) < 4.78 is 0. The fourth-order valence-electron chi connectivity index (χ4n) is 5.29. The van der Waals surface area contributed by atoms with E-state index in [1.54, 1.807) is 0 Å². The van der Waals surface area contributed by atoms with Gasteiger partial charge in [0.15, 0.2) is 8.07 Å². The number of hydrogen-bond donors (Lipinski definition) is 0. The van der Waals surface area contributed by atoms with Gasteiger partial charge in [-0.3, -0.25) is 15.0 Å². The highest BCUT2D eigenvalue weighted by molar-refractivity contribution is 7.20. The molecule has 6 aromatic rings. The lowest BCUT2D eigenvalue weighted by atomic mass is 10.1. The van der Waals surface area contributed by atoms with Crippen LogP contribution in [-0.2, 0) is 0 Å². The van der Waals surface area contributed by atoms with Gasteiger partial charge in [-0.2, -0.15) is 0 Å². The molecule has 0 aliphatic carbocycles. The molecule has 3 nitrogen and oxygen atoms in total. The summed E-state index contributed by atoms with van der Waals surface area (Å²) in [5.41, 5.74) is 4.15. The van der Waals surface area contributed by atoms with Crippen molar-refractivity contribution in [3.05, 3.63) is 152 Å². The van der Waals surface area contributed by atoms with Crippen molar-refractivity contribution in [1.82, 2.24) is 15.0 Å². The lowest BCUT2D eigenvalue weighted by molar-refractivity contribution is 1.29. The van der Waals surface area contributed by atoms with Crippen molar-refractivity contribution in [3.8, 4) is 22.5 Å². The second-order valence-corrected chi connectivity index (χ2v) is 12.6. The van der Waals surface area contributed by atoms with Crippen LogP contribution >= 0.6 is 0 Å². The number of aromatic nitrogens is 3. The minimum atomic E-state index is -2.90. The highest BCUT2D eigenvalue weighted by Crippen LogP contribution is 2.22. The molecule has 0 N–H and O–H groups in total. The first-order chi connectivity index (χ1) is 18.4. The van der Waals surface area contributed by atoms with Gasteiger partial charge in [0.1, 0.15) is 0 Å². The number of nitrogens with zero attached hydrogens (tertiary/aromatic N) is 3. The van der Waals surface area contributed by atoms with E-state index >= 15 is 0 Å². The van der Waals surface area contributed by atoms with Crippen molar-refractivity contribution < 1.29 is 0 Å². The van der Waals surface area contributed by atoms with Gasteiger partial charge >= 0.3 is 0 Å². The summed E-state index contributed by atoms with van der Waals surface area (Å²) in [5.74, 6) is 0. The average Bonchev–Trinajstić information content (AvgIpc) is 3.00. The Bertz CT molecular complexity index is 1480. The van der Waals surface area contributed by atoms with Crippen molar-refractivity contribution in [3.63, 3.8) is 0 Å². The van der Waals surface area contributed by atoms with E-state index in [0.717, 1.165) is 22.5 Å². The predicted molar refractivity (Wildman–Crippen MR) is 154 cm³/mol. The zero-order valence-electron chi connectivity index (χ0n) is 20.3. The van der Waals surface area contributed by atoms with Gasteiger partial charge in [0.05, 0.1) is 11.4 Å². The first-order valence-electron chi connectivity index (χ1n) is 12.4. The maximum Gasteiger partial charge on any atom is 0.184 e. The molecule has 0 unspecified atom stereocenters. The van der Waals surface area contributed by atoms with Gasteiger partial charge in [-0.25, -0.2) is 0 Å². The van der Waals surface area contributed by atoms with Gasteiger partial charge in [-0.1, -0.05) is 103 Å². The molecule has 0 aliphatic rings. The van der Waals surface area contributed by atoms with E-state index in [2.05, 4.69) is 114 Å². The van der Waals surface area contributed by atoms with Gasteiger partial charge in [0.2, 0.25) is 0 Å². The van der Waals surface area contributed by atoms with Crippen LogP contribution in [0.2, 0.25) is 0 Å². The van der Waals surface area contributed by atoms with Gasteiger partial charge in [0.25, 0.3) is 0 Å². The molecule has 0 saturated heterocycles. The van der Waals surface area contributed by atoms with E-state index in [0.29, 0.717) is 0 Å². The first-order valence-corrected chi connectivity index (χ1v) is 14.4. The summed E-state index contributed by atoms with van der Waals surface area (Å²) >= 11 is 0. The lowest BCUT2D eigenvalue weighted by Crippen LogP contribution is -2.75. The fourth-order valence-corrected chi connectivity index (χ4v) is 10.4. The molecule has 176 valence electrons. The second-order valence-electron chi connectivity index (χ2n) is 8.88. The Kier molecular flexibility index (Phi) is 6.23. The Hall–Kier alpha value is -4.67. The van der Waals surface area contributed by atoms with Gasteiger partial charge in [0, 0.05) is 35.9 Å². The molecule has 0 saturated carbocycles. The topological polar surface area (TPSA) is 38.7 Å². The molecule has 0 bridgehead atoms. The van der Waals surface area contributed by atoms with Crippen LogP contribution in [0.1, 0.15) is 0 Å². The molecule has 0 radical (unpaired) electrons. The van der Waals surface area contributed by atoms with Crippen LogP contribution < -0.4 is 20.7 Å². The van der Waals surface area contributed by atoms with Crippen LogP contribution in [-0.4, -0.2) is 23.0 Å². The third kappa shape index (κ3) is 4.07. The summed E-state index contributed by atoms with van der Waals surface area (Å²) in [6, 6.07) is 45.0. The smallest absolute Gasteiger partial charge is 0.184 e. The van der Waals surface area contributed by atoms with Crippen LogP contribution in [0.25, 0.3) is 22.5 Å². The van der Waals surface area contributed by atoms with Crippen LogP contribution in [0.15, 0.2) is 152 Å². The molecule has 3 aromatic heterocycles. The quantitative estimate of drug-likeness (QED) is 0.320. The van der Waals surface area contributed by atoms with Crippen LogP contribution in [0.3, 0.4) is 0 Å². The zero-order valence-corrected chi connectivity index (χ0v) is 21.3. The fraction of sp³-hybridized carbons (Fsp3) is 0. The van der Waals surface area contributed by atoms with E-state index in [1.807, 2.05) is 43.0 Å². The minimum Gasteiger partial charge on any atom is -0.265 e. The SMILES string of the molecule is c1ccc(-c2ncccc2[Si](c2ccccc2)(c2ccccc2)c2cccnc2-c2ccncc2)cc1. The second kappa shape index (κ2) is 10.1. The molecule has 0 fully saturated rings. The Morgan fingerprint density at radius 3 is 1.30 bits per heavy atom. The van der Waals surface area contributed by atoms with Crippen molar-refractivity contribution in [2.75, 3.05) is 0 Å². The molecular formula is C33H25N3Si. The van der Waals surface area contributed by atoms with Crippen molar-refractivity contribution in [2.45, 2.75) is 0 Å². The standard InChI is InChI=1S/C33H25N3Si/c1-4-12-26(13-5-1)32-30(18-10-22-35-32)37(28-14-6-2-7-15-28,29-16-8-3-9-17-29)31-19-11-23-36-33(31)27-20-24-34-25-21-27/h1-25H. The summed E-state index contributed by atoms with van der Waals surface area (Å²) in [4.78, 5) is 14.2. The Labute approximate surface area is 218 Å². The molecule has 0 aliphatic heterocycles. The highest BCUT2D eigenvalue weighted by Gasteiger charge is 2.45. The predicted octanol–water partition coefficient (Wildman–Crippen LogP) is 4.58. The molecule has 0 amide bonds. The van der Waals surface area contributed by atoms with Crippen molar-refractivity contribution in [1.29, 1.82) is 0 Å². The lowest BCUT2D eigenvalue weighted by Gasteiger charge is -2.36. The number of rotatable bonds is 6. The van der Waals surface area contributed by atoms with E-state index < -0.39 is 8.07 Å². The minimum absolute atomic E-state index is 0.979. The number of pyridine rings is 3. The first kappa shape index (κ1) is 22.8. The van der Waals surface area contributed by atoms with E-state index in [9.17, 15) is 0 Å². The number of hydrogen-bond acceptors (Lipinski definition) is 3. The summed E-state index contributed by atoms with van der Waals surface area (Å²) in [5, 5.41) is 5.04. The third-order valence-electron chi connectivity index (χ3n) is 6.84. The Balaban J connectivity index is 1.80. The highest BCUT2D eigenvalue weighted by atomic mass is 28.3. The monoisotopic (exact) mass is 491 g/mol. The van der Waals surface area contributed by atoms with Crippen molar-refractivity contribution in [2.24, 2.45) is 0 Å². The van der Waals surface area contributed by atoms with Crippen molar-refractivity contribution >= 4 is 28.8 Å². The van der Waals surface area contributed by atoms with Gasteiger partial charge in [-0.05, 0) is 45.0 Å². The number of benzene rings is 3. The Morgan fingerprint density at radius 1 is 0.378 bits per heavy atom. The molecule has 6 rings (SSSR count). The van der Waals surface area contributed by atoms with E-state index in [4.69, 9.17) is 9.97 Å². The van der Waals surface area contributed by atoms with Gasteiger partial charge < -0.3 is 0 Å². The van der Waals surface area contributed by atoms with Crippen LogP contribution in [0, 0.1) is 0 Å². The van der Waals surface area contributed by atoms with Gasteiger partial charge in [-0.15, -0.1) is 0 Å². The zero-order chi connectivity index (χ0) is 24.9. The molecule has 3 aromatic carbocycles. The molecular weight excluding hydrogens is 466 g/mol. The molecule has 0 spiro atoms. The largest absolute Gasteiger partial charge is 0.265 e. The van der Waals surface area contributed by atoms with Crippen LogP contribution in [0.5, 0.6) is 0 Å². The average molecular weight is 492 g/mol. The van der Waals surface area contributed by atoms with E-state index in [1.165, 1.54) is 20.7 Å². The van der Waals surface area contributed by atoms with Crippen LogP contribution in [0.4, 0.5) is 0 Å². The molecule has 4 heteroatoms.